The maximum atomic E-state index is 5.91. The molecule has 0 unspecified atom stereocenters. The first kappa shape index (κ1) is 14.5. The second-order valence-corrected chi connectivity index (χ2v) is 6.68. The Hall–Kier alpha value is -1.44. The molecule has 0 aromatic carbocycles. The molecule has 21 heavy (non-hydrogen) atoms. The Morgan fingerprint density at radius 2 is 2.29 bits per heavy atom. The zero-order valence-corrected chi connectivity index (χ0v) is 14.1. The highest BCUT2D eigenvalue weighted by Gasteiger charge is 2.15. The Labute approximate surface area is 135 Å². The van der Waals surface area contributed by atoms with E-state index in [1.807, 2.05) is 17.6 Å². The number of ether oxygens (including phenoxy) is 1. The van der Waals surface area contributed by atoms with Crippen LogP contribution in [0.1, 0.15) is 19.5 Å². The fraction of sp³-hybridized carbons (Fsp3) is 0.286. The minimum Gasteiger partial charge on any atom is -0.436 e. The van der Waals surface area contributed by atoms with E-state index in [1.54, 1.807) is 23.7 Å². The van der Waals surface area contributed by atoms with Crippen LogP contribution in [0.15, 0.2) is 34.5 Å². The second kappa shape index (κ2) is 6.13. The Balaban J connectivity index is 1.93. The van der Waals surface area contributed by atoms with Crippen molar-refractivity contribution in [1.29, 1.82) is 0 Å². The summed E-state index contributed by atoms with van der Waals surface area (Å²) in [6.07, 6.45) is 5.41. The number of nitrogens with one attached hydrogen (secondary N) is 1. The molecule has 0 saturated heterocycles. The minimum atomic E-state index is 0.398. The van der Waals surface area contributed by atoms with Gasteiger partial charge in [-0.2, -0.15) is 4.98 Å². The van der Waals surface area contributed by atoms with Crippen molar-refractivity contribution in [3.05, 3.63) is 40.2 Å². The number of rotatable bonds is 5. The molecular weight excluding hydrogens is 352 g/mol. The molecule has 5 nitrogen and oxygen atoms in total. The maximum Gasteiger partial charge on any atom is 0.243 e. The number of aromatic nitrogens is 3. The molecule has 0 aliphatic rings. The second-order valence-electron chi connectivity index (χ2n) is 4.90. The standard InChI is InChI=1S/C14H15BrN4OS/c1-9(2)17-8-12-13(18-14-19(12)3-4-21-14)20-11-5-10(15)6-16-7-11/h3-7,9,17H,8H2,1-2H3. The van der Waals surface area contributed by atoms with Gasteiger partial charge in [-0.1, -0.05) is 13.8 Å². The summed E-state index contributed by atoms with van der Waals surface area (Å²) in [5, 5.41) is 5.43. The highest BCUT2D eigenvalue weighted by molar-refractivity contribution is 9.10. The quantitative estimate of drug-likeness (QED) is 0.745. The van der Waals surface area contributed by atoms with Crippen LogP contribution in [0, 0.1) is 0 Å². The predicted octanol–water partition coefficient (Wildman–Crippen LogP) is 3.84. The van der Waals surface area contributed by atoms with Crippen molar-refractivity contribution in [2.24, 2.45) is 0 Å². The van der Waals surface area contributed by atoms with E-state index in [1.165, 1.54) is 0 Å². The highest BCUT2D eigenvalue weighted by Crippen LogP contribution is 2.28. The van der Waals surface area contributed by atoms with Gasteiger partial charge in [0.2, 0.25) is 5.88 Å². The lowest BCUT2D eigenvalue weighted by Gasteiger charge is -2.09. The molecule has 0 amide bonds. The minimum absolute atomic E-state index is 0.398. The Morgan fingerprint density at radius 1 is 1.43 bits per heavy atom. The van der Waals surface area contributed by atoms with Gasteiger partial charge in [0.25, 0.3) is 0 Å². The van der Waals surface area contributed by atoms with Gasteiger partial charge < -0.3 is 10.1 Å². The van der Waals surface area contributed by atoms with Crippen molar-refractivity contribution in [3.63, 3.8) is 0 Å². The first-order chi connectivity index (χ1) is 10.1. The molecular formula is C14H15BrN4OS. The van der Waals surface area contributed by atoms with Gasteiger partial charge in [-0.15, -0.1) is 11.3 Å². The van der Waals surface area contributed by atoms with Gasteiger partial charge in [0, 0.05) is 34.8 Å². The third-order valence-electron chi connectivity index (χ3n) is 2.90. The summed E-state index contributed by atoms with van der Waals surface area (Å²) in [6.45, 7) is 4.93. The number of thiazole rings is 1. The molecule has 0 fully saturated rings. The van der Waals surface area contributed by atoms with Crippen LogP contribution < -0.4 is 10.1 Å². The predicted molar refractivity (Wildman–Crippen MR) is 87.1 cm³/mol. The summed E-state index contributed by atoms with van der Waals surface area (Å²) in [4.78, 5) is 9.58. The number of pyridine rings is 1. The fourth-order valence-corrected chi connectivity index (χ4v) is 2.98. The molecule has 3 heterocycles. The van der Waals surface area contributed by atoms with Gasteiger partial charge >= 0.3 is 0 Å². The van der Waals surface area contributed by atoms with Crippen molar-refractivity contribution in [1.82, 2.24) is 19.7 Å². The van der Waals surface area contributed by atoms with E-state index in [9.17, 15) is 0 Å². The SMILES string of the molecule is CC(C)NCc1c(Oc2cncc(Br)c2)nc2sccn12. The molecule has 0 aliphatic carbocycles. The zero-order chi connectivity index (χ0) is 14.8. The van der Waals surface area contributed by atoms with Crippen LogP contribution in [0.5, 0.6) is 11.6 Å². The van der Waals surface area contributed by atoms with Gasteiger partial charge in [-0.25, -0.2) is 0 Å². The van der Waals surface area contributed by atoms with Gasteiger partial charge in [0.05, 0.1) is 6.20 Å². The molecule has 0 radical (unpaired) electrons. The number of fused-ring (bicyclic) bond motifs is 1. The van der Waals surface area contributed by atoms with Gasteiger partial charge in [-0.3, -0.25) is 9.38 Å². The molecule has 0 atom stereocenters. The number of hydrogen-bond donors (Lipinski definition) is 1. The molecule has 3 aromatic rings. The third-order valence-corrected chi connectivity index (χ3v) is 4.09. The number of imidazole rings is 1. The lowest BCUT2D eigenvalue weighted by Crippen LogP contribution is -2.22. The summed E-state index contributed by atoms with van der Waals surface area (Å²) in [5.41, 5.74) is 1.01. The first-order valence-corrected chi connectivity index (χ1v) is 8.27. The summed E-state index contributed by atoms with van der Waals surface area (Å²) >= 11 is 4.98. The normalized spacial score (nSPS) is 11.4. The molecule has 3 rings (SSSR count). The van der Waals surface area contributed by atoms with E-state index in [4.69, 9.17) is 4.74 Å². The van der Waals surface area contributed by atoms with Gasteiger partial charge in [0.15, 0.2) is 4.96 Å². The van der Waals surface area contributed by atoms with Gasteiger partial charge in [-0.05, 0) is 22.0 Å². The fourth-order valence-electron chi connectivity index (χ4n) is 1.92. The maximum absolute atomic E-state index is 5.91. The van der Waals surface area contributed by atoms with Gasteiger partial charge in [0.1, 0.15) is 11.4 Å². The van der Waals surface area contributed by atoms with Crippen molar-refractivity contribution in [2.45, 2.75) is 26.4 Å². The van der Waals surface area contributed by atoms with Crippen LogP contribution in [0.4, 0.5) is 0 Å². The van der Waals surface area contributed by atoms with E-state index in [-0.39, 0.29) is 0 Å². The average molecular weight is 367 g/mol. The lowest BCUT2D eigenvalue weighted by atomic mass is 10.3. The van der Waals surface area contributed by atoms with Crippen molar-refractivity contribution < 1.29 is 4.74 Å². The smallest absolute Gasteiger partial charge is 0.243 e. The van der Waals surface area contributed by atoms with Crippen LogP contribution in [-0.2, 0) is 6.54 Å². The Morgan fingerprint density at radius 3 is 3.05 bits per heavy atom. The largest absolute Gasteiger partial charge is 0.436 e. The number of hydrogen-bond acceptors (Lipinski definition) is 5. The number of nitrogens with zero attached hydrogens (tertiary/aromatic N) is 3. The van der Waals surface area contributed by atoms with Crippen molar-refractivity contribution in [2.75, 3.05) is 0 Å². The molecule has 7 heteroatoms. The van der Waals surface area contributed by atoms with E-state index in [0.717, 1.165) is 15.1 Å². The van der Waals surface area contributed by atoms with Crippen molar-refractivity contribution >= 4 is 32.2 Å². The number of halogens is 1. The molecule has 0 saturated carbocycles. The summed E-state index contributed by atoms with van der Waals surface area (Å²) in [7, 11) is 0. The molecule has 0 spiro atoms. The Kier molecular flexibility index (Phi) is 4.23. The van der Waals surface area contributed by atoms with Crippen LogP contribution in [-0.4, -0.2) is 20.4 Å². The zero-order valence-electron chi connectivity index (χ0n) is 11.7. The third kappa shape index (κ3) is 3.25. The molecule has 110 valence electrons. The summed E-state index contributed by atoms with van der Waals surface area (Å²) in [6, 6.07) is 2.27. The van der Waals surface area contributed by atoms with E-state index in [0.29, 0.717) is 24.2 Å². The molecule has 0 bridgehead atoms. The summed E-state index contributed by atoms with van der Waals surface area (Å²) < 4.78 is 8.84. The first-order valence-electron chi connectivity index (χ1n) is 6.59. The van der Waals surface area contributed by atoms with Crippen molar-refractivity contribution in [3.8, 4) is 11.6 Å². The van der Waals surface area contributed by atoms with E-state index >= 15 is 0 Å². The van der Waals surface area contributed by atoms with Crippen LogP contribution in [0.2, 0.25) is 0 Å². The molecule has 1 N–H and O–H groups in total. The van der Waals surface area contributed by atoms with Crippen LogP contribution in [0.25, 0.3) is 4.96 Å². The van der Waals surface area contributed by atoms with E-state index < -0.39 is 0 Å². The lowest BCUT2D eigenvalue weighted by molar-refractivity contribution is 0.450. The highest BCUT2D eigenvalue weighted by atomic mass is 79.9. The molecule has 3 aromatic heterocycles. The monoisotopic (exact) mass is 366 g/mol. The topological polar surface area (TPSA) is 51.5 Å². The molecule has 0 aliphatic heterocycles. The van der Waals surface area contributed by atoms with Crippen LogP contribution >= 0.6 is 27.3 Å². The summed E-state index contributed by atoms with van der Waals surface area (Å²) in [5.74, 6) is 1.29. The van der Waals surface area contributed by atoms with Crippen LogP contribution in [0.3, 0.4) is 0 Å². The Bertz CT molecular complexity index is 752. The van der Waals surface area contributed by atoms with E-state index in [2.05, 4.69) is 49.5 Å². The average Bonchev–Trinajstić information content (AvgIpc) is 2.97.